The van der Waals surface area contributed by atoms with E-state index in [1.807, 2.05) is 0 Å². The van der Waals surface area contributed by atoms with Gasteiger partial charge in [0.15, 0.2) is 6.10 Å². The van der Waals surface area contributed by atoms with Crippen molar-refractivity contribution < 1.29 is 37.6 Å². The van der Waals surface area contributed by atoms with Gasteiger partial charge in [-0.3, -0.25) is 18.6 Å². The molecule has 490 valence electrons. The molecule has 10 heteroatoms. The Labute approximate surface area is 520 Å². The molecule has 0 aromatic rings. The molecule has 2 unspecified atom stereocenters. The minimum atomic E-state index is -4.40. The molecule has 0 aliphatic rings. The van der Waals surface area contributed by atoms with Crippen LogP contribution in [0.2, 0.25) is 0 Å². The van der Waals surface area contributed by atoms with Gasteiger partial charge in [-0.15, -0.1) is 0 Å². The molecular formula is C74H136NO8P. The van der Waals surface area contributed by atoms with Gasteiger partial charge >= 0.3 is 19.8 Å². The van der Waals surface area contributed by atoms with Gasteiger partial charge in [-0.25, -0.2) is 4.57 Å². The van der Waals surface area contributed by atoms with Gasteiger partial charge < -0.3 is 20.1 Å². The van der Waals surface area contributed by atoms with E-state index in [0.717, 1.165) is 83.5 Å². The van der Waals surface area contributed by atoms with E-state index in [1.165, 1.54) is 238 Å². The van der Waals surface area contributed by atoms with Gasteiger partial charge in [-0.1, -0.05) is 350 Å². The van der Waals surface area contributed by atoms with Crippen LogP contribution in [0.15, 0.2) is 72.9 Å². The molecule has 2 atom stereocenters. The average molecular weight is 1200 g/mol. The smallest absolute Gasteiger partial charge is 0.462 e. The lowest BCUT2D eigenvalue weighted by Crippen LogP contribution is -2.29. The molecule has 0 radical (unpaired) electrons. The first-order valence-electron chi connectivity index (χ1n) is 35.9. The zero-order valence-corrected chi connectivity index (χ0v) is 56.0. The topological polar surface area (TPSA) is 134 Å². The van der Waals surface area contributed by atoms with Crippen molar-refractivity contribution in [3.63, 3.8) is 0 Å². The second-order valence-corrected chi connectivity index (χ2v) is 25.5. The molecular weight excluding hydrogens is 1060 g/mol. The van der Waals surface area contributed by atoms with Crippen LogP contribution in [0.1, 0.15) is 354 Å². The number of hydrogen-bond acceptors (Lipinski definition) is 8. The maximum atomic E-state index is 12.8. The maximum absolute atomic E-state index is 12.8. The third-order valence-electron chi connectivity index (χ3n) is 15.9. The lowest BCUT2D eigenvalue weighted by atomic mass is 10.0. The fraction of sp³-hybridized carbons (Fsp3) is 0.811. The van der Waals surface area contributed by atoms with Crippen molar-refractivity contribution in [3.05, 3.63) is 72.9 Å². The summed E-state index contributed by atoms with van der Waals surface area (Å²) >= 11 is 0. The molecule has 0 aliphatic heterocycles. The number of allylic oxidation sites excluding steroid dienone is 12. The normalized spacial score (nSPS) is 13.3. The molecule has 84 heavy (non-hydrogen) atoms. The van der Waals surface area contributed by atoms with E-state index in [4.69, 9.17) is 24.3 Å². The Morgan fingerprint density at radius 3 is 0.976 bits per heavy atom. The first-order valence-corrected chi connectivity index (χ1v) is 37.4. The monoisotopic (exact) mass is 1200 g/mol. The Bertz CT molecular complexity index is 1610. The summed E-state index contributed by atoms with van der Waals surface area (Å²) < 4.78 is 33.2. The number of rotatable bonds is 68. The predicted octanol–water partition coefficient (Wildman–Crippen LogP) is 23.6. The largest absolute Gasteiger partial charge is 0.472 e. The summed E-state index contributed by atoms with van der Waals surface area (Å²) in [6, 6.07) is 0. The van der Waals surface area contributed by atoms with Crippen LogP contribution in [0.25, 0.3) is 0 Å². The van der Waals surface area contributed by atoms with E-state index in [-0.39, 0.29) is 38.6 Å². The highest BCUT2D eigenvalue weighted by molar-refractivity contribution is 7.47. The van der Waals surface area contributed by atoms with Crippen LogP contribution in [0.5, 0.6) is 0 Å². The van der Waals surface area contributed by atoms with Crippen molar-refractivity contribution in [2.24, 2.45) is 5.73 Å². The Kier molecular flexibility index (Phi) is 67.4. The van der Waals surface area contributed by atoms with Crippen molar-refractivity contribution in [2.45, 2.75) is 360 Å². The van der Waals surface area contributed by atoms with E-state index in [0.29, 0.717) is 6.42 Å². The number of phosphoric ester groups is 1. The van der Waals surface area contributed by atoms with Crippen LogP contribution in [-0.2, 0) is 32.7 Å². The number of nitrogens with two attached hydrogens (primary N) is 1. The summed E-state index contributed by atoms with van der Waals surface area (Å²) in [5, 5.41) is 0. The van der Waals surface area contributed by atoms with Gasteiger partial charge in [0.05, 0.1) is 13.2 Å². The number of hydrogen-bond donors (Lipinski definition) is 2. The minimum absolute atomic E-state index is 0.0504. The van der Waals surface area contributed by atoms with Gasteiger partial charge in [0, 0.05) is 19.4 Å². The lowest BCUT2D eigenvalue weighted by molar-refractivity contribution is -0.161. The minimum Gasteiger partial charge on any atom is -0.462 e. The average Bonchev–Trinajstić information content (AvgIpc) is 3.58. The highest BCUT2D eigenvalue weighted by Gasteiger charge is 2.26. The van der Waals surface area contributed by atoms with E-state index in [9.17, 15) is 19.0 Å². The number of carbonyl (C=O) groups is 2. The molecule has 0 saturated heterocycles. The number of esters is 2. The number of carbonyl (C=O) groups excluding carboxylic acids is 2. The van der Waals surface area contributed by atoms with Crippen molar-refractivity contribution >= 4 is 19.8 Å². The number of unbranched alkanes of at least 4 members (excludes halogenated alkanes) is 43. The Morgan fingerprint density at radius 1 is 0.369 bits per heavy atom. The molecule has 0 saturated carbocycles. The maximum Gasteiger partial charge on any atom is 0.472 e. The number of phosphoric acid groups is 1. The molecule has 0 amide bonds. The third kappa shape index (κ3) is 68.6. The zero-order chi connectivity index (χ0) is 60.9. The van der Waals surface area contributed by atoms with E-state index < -0.39 is 26.5 Å². The van der Waals surface area contributed by atoms with Crippen LogP contribution in [0, 0.1) is 0 Å². The van der Waals surface area contributed by atoms with E-state index >= 15 is 0 Å². The van der Waals surface area contributed by atoms with Gasteiger partial charge in [0.25, 0.3) is 0 Å². The quantitative estimate of drug-likeness (QED) is 0.0264. The molecule has 9 nitrogen and oxygen atoms in total. The summed E-state index contributed by atoms with van der Waals surface area (Å²) in [4.78, 5) is 35.4. The van der Waals surface area contributed by atoms with Gasteiger partial charge in [0.1, 0.15) is 6.61 Å². The van der Waals surface area contributed by atoms with Crippen molar-refractivity contribution in [1.82, 2.24) is 0 Å². The molecule has 0 fully saturated rings. The van der Waals surface area contributed by atoms with Crippen molar-refractivity contribution in [1.29, 1.82) is 0 Å². The highest BCUT2D eigenvalue weighted by atomic mass is 31.2. The molecule has 0 aliphatic carbocycles. The van der Waals surface area contributed by atoms with E-state index in [1.54, 1.807) is 0 Å². The van der Waals surface area contributed by atoms with Crippen LogP contribution in [-0.4, -0.2) is 49.3 Å². The summed E-state index contributed by atoms with van der Waals surface area (Å²) in [6.07, 6.45) is 91.6. The molecule has 3 N–H and O–H groups in total. The molecule has 0 spiro atoms. The molecule has 0 heterocycles. The second-order valence-electron chi connectivity index (χ2n) is 24.1. The fourth-order valence-electron chi connectivity index (χ4n) is 10.6. The second kappa shape index (κ2) is 69.5. The fourth-order valence-corrected chi connectivity index (χ4v) is 11.4. The Hall–Kier alpha value is -2.55. The Balaban J connectivity index is 3.83. The van der Waals surface area contributed by atoms with Crippen molar-refractivity contribution in [2.75, 3.05) is 26.4 Å². The first kappa shape index (κ1) is 81.5. The molecule has 0 aromatic heterocycles. The predicted molar refractivity (Wildman–Crippen MR) is 363 cm³/mol. The van der Waals surface area contributed by atoms with Gasteiger partial charge in [-0.2, -0.15) is 0 Å². The van der Waals surface area contributed by atoms with E-state index in [2.05, 4.69) is 86.8 Å². The summed E-state index contributed by atoms with van der Waals surface area (Å²) in [7, 11) is -4.40. The Morgan fingerprint density at radius 2 is 0.655 bits per heavy atom. The molecule has 0 aromatic carbocycles. The molecule has 0 rings (SSSR count). The summed E-state index contributed by atoms with van der Waals surface area (Å²) in [6.45, 7) is 3.67. The number of ether oxygens (including phenoxy) is 2. The first-order chi connectivity index (χ1) is 41.3. The zero-order valence-electron chi connectivity index (χ0n) is 55.1. The SMILES string of the molecule is CC/C=C\C/C=C\C/C=C\C/C=C\C/C=C\C/C=C\CCCCCCCCCCC(=O)OC(COC(=O)CCCCCCCCCCCCCCCCCCCCCCCCCCCCCCCCCCCCCC)COP(=O)(O)OCCN. The van der Waals surface area contributed by atoms with Crippen molar-refractivity contribution in [3.8, 4) is 0 Å². The van der Waals surface area contributed by atoms with Gasteiger partial charge in [0.2, 0.25) is 0 Å². The van der Waals surface area contributed by atoms with Crippen LogP contribution < -0.4 is 5.73 Å². The highest BCUT2D eigenvalue weighted by Crippen LogP contribution is 2.43. The summed E-state index contributed by atoms with van der Waals surface area (Å²) in [5.41, 5.74) is 5.40. The van der Waals surface area contributed by atoms with Crippen LogP contribution >= 0.6 is 7.82 Å². The third-order valence-corrected chi connectivity index (χ3v) is 16.8. The van der Waals surface area contributed by atoms with Gasteiger partial charge in [-0.05, 0) is 64.2 Å². The standard InChI is InChI=1S/C74H136NO8P/c1-3-5-7-9-11-13-15-17-19-21-23-25-27-29-31-32-33-34-35-36-37-38-39-41-42-44-46-48-50-52-54-56-58-60-62-64-66-73(76)80-70-72(71-82-84(78,79)81-69-68-75)83-74(77)67-65-63-61-59-57-55-53-51-49-47-45-43-40-30-28-26-24-22-20-18-16-14-12-10-8-6-4-2/h6,8,12,14,18,20,24,26,30,40,45,47,72H,3-5,7,9-11,13,15-17,19,21-23,25,27-29,31-39,41-44,46,48-71,75H2,1-2H3,(H,78,79)/b8-6-,14-12-,20-18-,26-24-,40-30-,47-45-. The van der Waals surface area contributed by atoms with Crippen LogP contribution in [0.4, 0.5) is 0 Å². The molecule has 0 bridgehead atoms. The lowest BCUT2D eigenvalue weighted by Gasteiger charge is -2.19. The summed E-state index contributed by atoms with van der Waals surface area (Å²) in [5.74, 6) is -0.825. The van der Waals surface area contributed by atoms with Crippen LogP contribution in [0.3, 0.4) is 0 Å².